The fourth-order valence-electron chi connectivity index (χ4n) is 2.40. The Morgan fingerprint density at radius 3 is 2.53 bits per heavy atom. The van der Waals surface area contributed by atoms with Crippen molar-refractivity contribution in [3.63, 3.8) is 0 Å². The van der Waals surface area contributed by atoms with Crippen molar-refractivity contribution in [2.24, 2.45) is 5.92 Å². The van der Waals surface area contributed by atoms with Crippen molar-refractivity contribution in [1.29, 1.82) is 0 Å². The zero-order chi connectivity index (χ0) is 14.1. The van der Waals surface area contributed by atoms with Gasteiger partial charge in [0, 0.05) is 6.54 Å². The van der Waals surface area contributed by atoms with Gasteiger partial charge in [-0.25, -0.2) is 0 Å². The number of halogens is 3. The standard InChI is InChI=1S/C13H22F3NO2/c14-13(15,16)10-19-9-12(18)17-8-4-7-11-5-2-1-3-6-11/h11H,1-10H2,(H,17,18). The van der Waals surface area contributed by atoms with Crippen LogP contribution in [0.4, 0.5) is 13.2 Å². The first kappa shape index (κ1) is 16.3. The summed E-state index contributed by atoms with van der Waals surface area (Å²) in [4.78, 5) is 11.2. The highest BCUT2D eigenvalue weighted by Gasteiger charge is 2.27. The number of alkyl halides is 3. The minimum absolute atomic E-state index is 0.479. The lowest BCUT2D eigenvalue weighted by Crippen LogP contribution is -2.30. The first-order chi connectivity index (χ1) is 8.97. The minimum Gasteiger partial charge on any atom is -0.362 e. The van der Waals surface area contributed by atoms with Crippen LogP contribution in [-0.2, 0) is 9.53 Å². The number of amides is 1. The lowest BCUT2D eigenvalue weighted by Gasteiger charge is -2.21. The van der Waals surface area contributed by atoms with E-state index in [4.69, 9.17) is 0 Å². The predicted molar refractivity (Wildman–Crippen MR) is 65.7 cm³/mol. The van der Waals surface area contributed by atoms with Crippen LogP contribution < -0.4 is 5.32 Å². The van der Waals surface area contributed by atoms with Gasteiger partial charge in [-0.3, -0.25) is 4.79 Å². The van der Waals surface area contributed by atoms with Crippen molar-refractivity contribution >= 4 is 5.91 Å². The Morgan fingerprint density at radius 2 is 1.89 bits per heavy atom. The van der Waals surface area contributed by atoms with Crippen LogP contribution in [0.2, 0.25) is 0 Å². The molecular formula is C13H22F3NO2. The minimum atomic E-state index is -4.37. The normalized spacial score (nSPS) is 17.4. The highest BCUT2D eigenvalue weighted by Crippen LogP contribution is 2.26. The first-order valence-corrected chi connectivity index (χ1v) is 6.88. The lowest BCUT2D eigenvalue weighted by atomic mass is 9.86. The first-order valence-electron chi connectivity index (χ1n) is 6.88. The number of ether oxygens (including phenoxy) is 1. The molecule has 1 aliphatic carbocycles. The average molecular weight is 281 g/mol. The monoisotopic (exact) mass is 281 g/mol. The van der Waals surface area contributed by atoms with Crippen LogP contribution in [0.3, 0.4) is 0 Å². The highest BCUT2D eigenvalue weighted by molar-refractivity contribution is 5.77. The van der Waals surface area contributed by atoms with Gasteiger partial charge in [-0.05, 0) is 18.8 Å². The molecule has 0 unspecified atom stereocenters. The Hall–Kier alpha value is -0.780. The zero-order valence-corrected chi connectivity index (χ0v) is 11.1. The summed E-state index contributed by atoms with van der Waals surface area (Å²) >= 11 is 0. The predicted octanol–water partition coefficient (Wildman–Crippen LogP) is 3.04. The van der Waals surface area contributed by atoms with Gasteiger partial charge in [-0.2, -0.15) is 13.2 Å². The number of hydrogen-bond donors (Lipinski definition) is 1. The van der Waals surface area contributed by atoms with E-state index in [-0.39, 0.29) is 0 Å². The zero-order valence-electron chi connectivity index (χ0n) is 11.1. The van der Waals surface area contributed by atoms with Gasteiger partial charge in [0.25, 0.3) is 0 Å². The number of hydrogen-bond acceptors (Lipinski definition) is 2. The van der Waals surface area contributed by atoms with Crippen molar-refractivity contribution < 1.29 is 22.7 Å². The summed E-state index contributed by atoms with van der Waals surface area (Å²) in [6, 6.07) is 0. The Balaban J connectivity index is 1.95. The molecule has 112 valence electrons. The van der Waals surface area contributed by atoms with Crippen LogP contribution in [0.25, 0.3) is 0 Å². The Morgan fingerprint density at radius 1 is 1.21 bits per heavy atom. The van der Waals surface area contributed by atoms with Gasteiger partial charge in [-0.15, -0.1) is 0 Å². The van der Waals surface area contributed by atoms with Crippen LogP contribution in [0, 0.1) is 5.92 Å². The molecule has 0 aromatic rings. The molecule has 6 heteroatoms. The summed E-state index contributed by atoms with van der Waals surface area (Å²) in [6.45, 7) is -1.38. The van der Waals surface area contributed by atoms with Crippen LogP contribution in [-0.4, -0.2) is 31.8 Å². The van der Waals surface area contributed by atoms with Gasteiger partial charge < -0.3 is 10.1 Å². The van der Waals surface area contributed by atoms with E-state index < -0.39 is 25.3 Å². The molecule has 1 amide bonds. The molecule has 0 spiro atoms. The Kier molecular flexibility index (Phi) is 7.20. The Bertz CT molecular complexity index is 263. The van der Waals surface area contributed by atoms with E-state index in [2.05, 4.69) is 10.1 Å². The topological polar surface area (TPSA) is 38.3 Å². The molecule has 1 N–H and O–H groups in total. The van der Waals surface area contributed by atoms with Crippen molar-refractivity contribution in [2.45, 2.75) is 51.1 Å². The average Bonchev–Trinajstić information content (AvgIpc) is 2.34. The Labute approximate surface area is 111 Å². The second kappa shape index (κ2) is 8.40. The summed E-state index contributed by atoms with van der Waals surface area (Å²) < 4.78 is 39.6. The summed E-state index contributed by atoms with van der Waals surface area (Å²) in [5, 5.41) is 2.58. The van der Waals surface area contributed by atoms with E-state index in [9.17, 15) is 18.0 Å². The maximum atomic E-state index is 11.8. The van der Waals surface area contributed by atoms with Crippen molar-refractivity contribution in [3.8, 4) is 0 Å². The molecule has 0 radical (unpaired) electrons. The molecule has 1 aliphatic rings. The third-order valence-corrected chi connectivity index (χ3v) is 3.33. The van der Waals surface area contributed by atoms with Crippen molar-refractivity contribution in [1.82, 2.24) is 5.32 Å². The smallest absolute Gasteiger partial charge is 0.362 e. The fourth-order valence-corrected chi connectivity index (χ4v) is 2.40. The largest absolute Gasteiger partial charge is 0.411 e. The van der Waals surface area contributed by atoms with E-state index in [1.807, 2.05) is 0 Å². The third-order valence-electron chi connectivity index (χ3n) is 3.33. The van der Waals surface area contributed by atoms with Gasteiger partial charge in [0.1, 0.15) is 13.2 Å². The summed E-state index contributed by atoms with van der Waals surface area (Å²) in [5.74, 6) is 0.278. The number of nitrogens with one attached hydrogen (secondary N) is 1. The third kappa shape index (κ3) is 8.86. The number of carbonyl (C=O) groups is 1. The maximum absolute atomic E-state index is 11.8. The molecule has 0 heterocycles. The summed E-state index contributed by atoms with van der Waals surface area (Å²) in [7, 11) is 0. The molecule has 0 bridgehead atoms. The van der Waals surface area contributed by atoms with Crippen LogP contribution in [0.15, 0.2) is 0 Å². The second-order valence-corrected chi connectivity index (χ2v) is 5.10. The van der Waals surface area contributed by atoms with Gasteiger partial charge in [0.2, 0.25) is 5.91 Å². The molecule has 0 saturated heterocycles. The number of carbonyl (C=O) groups excluding carboxylic acids is 1. The van der Waals surface area contributed by atoms with E-state index in [1.54, 1.807) is 0 Å². The molecular weight excluding hydrogens is 259 g/mol. The molecule has 0 aromatic carbocycles. The molecule has 1 fully saturated rings. The van der Waals surface area contributed by atoms with Crippen LogP contribution in [0.1, 0.15) is 44.9 Å². The molecule has 1 rings (SSSR count). The lowest BCUT2D eigenvalue weighted by molar-refractivity contribution is -0.175. The second-order valence-electron chi connectivity index (χ2n) is 5.10. The number of rotatable bonds is 7. The SMILES string of the molecule is O=C(COCC(F)(F)F)NCCCC1CCCCC1. The van der Waals surface area contributed by atoms with Gasteiger partial charge in [-0.1, -0.05) is 32.1 Å². The van der Waals surface area contributed by atoms with E-state index in [0.29, 0.717) is 6.54 Å². The van der Waals surface area contributed by atoms with Crippen molar-refractivity contribution in [3.05, 3.63) is 0 Å². The molecule has 19 heavy (non-hydrogen) atoms. The molecule has 0 atom stereocenters. The molecule has 3 nitrogen and oxygen atoms in total. The van der Waals surface area contributed by atoms with E-state index >= 15 is 0 Å². The van der Waals surface area contributed by atoms with E-state index in [1.165, 1.54) is 32.1 Å². The van der Waals surface area contributed by atoms with Gasteiger partial charge in [0.15, 0.2) is 0 Å². The van der Waals surface area contributed by atoms with Gasteiger partial charge >= 0.3 is 6.18 Å². The molecule has 0 aromatic heterocycles. The summed E-state index contributed by atoms with van der Waals surface area (Å²) in [5.41, 5.74) is 0. The van der Waals surface area contributed by atoms with Crippen molar-refractivity contribution in [2.75, 3.05) is 19.8 Å². The van der Waals surface area contributed by atoms with E-state index in [0.717, 1.165) is 18.8 Å². The van der Waals surface area contributed by atoms with Gasteiger partial charge in [0.05, 0.1) is 0 Å². The summed E-state index contributed by atoms with van der Waals surface area (Å²) in [6.07, 6.45) is 4.04. The quantitative estimate of drug-likeness (QED) is 0.728. The van der Waals surface area contributed by atoms with Crippen LogP contribution >= 0.6 is 0 Å². The highest BCUT2D eigenvalue weighted by atomic mass is 19.4. The molecule has 1 saturated carbocycles. The maximum Gasteiger partial charge on any atom is 0.411 e. The fraction of sp³-hybridized carbons (Fsp3) is 0.923. The molecule has 0 aliphatic heterocycles. The van der Waals surface area contributed by atoms with Crippen LogP contribution in [0.5, 0.6) is 0 Å².